The summed E-state index contributed by atoms with van der Waals surface area (Å²) < 4.78 is 71.6. The summed E-state index contributed by atoms with van der Waals surface area (Å²) in [4.78, 5) is 3.11. The molecule has 136 valence electrons. The molecule has 0 saturated heterocycles. The molecule has 0 aliphatic heterocycles. The second kappa shape index (κ2) is 6.96. The summed E-state index contributed by atoms with van der Waals surface area (Å²) in [5, 5.41) is 1.56. The van der Waals surface area contributed by atoms with Crippen LogP contribution in [-0.4, -0.2) is 20.5 Å². The average molecular weight is 400 g/mol. The van der Waals surface area contributed by atoms with Crippen LogP contribution in [0.4, 0.5) is 18.3 Å². The summed E-state index contributed by atoms with van der Waals surface area (Å²) >= 11 is 0.966. The van der Waals surface area contributed by atoms with E-state index >= 15 is 0 Å². The number of halogens is 3. The molecular weight excluding hydrogens is 389 g/mol. The lowest BCUT2D eigenvalue weighted by atomic mass is 10.2. The van der Waals surface area contributed by atoms with E-state index in [0.29, 0.717) is 29.1 Å². The van der Waals surface area contributed by atoms with Gasteiger partial charge in [0, 0.05) is 10.9 Å². The van der Waals surface area contributed by atoms with Gasteiger partial charge in [0.25, 0.3) is 10.0 Å². The van der Waals surface area contributed by atoms with Gasteiger partial charge in [-0.3, -0.25) is 4.72 Å². The predicted molar refractivity (Wildman–Crippen MR) is 91.2 cm³/mol. The molecule has 0 bridgehead atoms. The Kier molecular flexibility index (Phi) is 4.88. The maximum atomic E-state index is 13.7. The van der Waals surface area contributed by atoms with Crippen LogP contribution in [0, 0.1) is 17.5 Å². The minimum atomic E-state index is -4.47. The zero-order valence-electron chi connectivity index (χ0n) is 13.2. The number of ether oxygens (including phenoxy) is 1. The molecule has 0 amide bonds. The SMILES string of the molecule is COc1ccc(-c2csc(NS(=O)(=O)c3ccc(F)c(F)c3F)n2)cc1. The highest BCUT2D eigenvalue weighted by Gasteiger charge is 2.25. The number of aromatic nitrogens is 1. The number of benzene rings is 2. The van der Waals surface area contributed by atoms with E-state index in [4.69, 9.17) is 4.74 Å². The topological polar surface area (TPSA) is 68.3 Å². The molecule has 1 N–H and O–H groups in total. The lowest BCUT2D eigenvalue weighted by molar-refractivity contribution is 0.415. The first-order valence-electron chi connectivity index (χ1n) is 7.08. The van der Waals surface area contributed by atoms with E-state index in [1.807, 2.05) is 0 Å². The highest BCUT2D eigenvalue weighted by atomic mass is 32.2. The highest BCUT2D eigenvalue weighted by Crippen LogP contribution is 2.28. The molecule has 1 aromatic heterocycles. The molecule has 0 spiro atoms. The van der Waals surface area contributed by atoms with Crippen LogP contribution in [0.3, 0.4) is 0 Å². The first-order valence-corrected chi connectivity index (χ1v) is 9.44. The normalized spacial score (nSPS) is 11.4. The van der Waals surface area contributed by atoms with Crippen molar-refractivity contribution in [2.75, 3.05) is 11.8 Å². The fourth-order valence-corrected chi connectivity index (χ4v) is 4.14. The van der Waals surface area contributed by atoms with Gasteiger partial charge in [-0.2, -0.15) is 0 Å². The van der Waals surface area contributed by atoms with Crippen molar-refractivity contribution in [3.05, 3.63) is 59.2 Å². The molecule has 3 rings (SSSR count). The van der Waals surface area contributed by atoms with E-state index in [9.17, 15) is 21.6 Å². The fourth-order valence-electron chi connectivity index (χ4n) is 2.10. The van der Waals surface area contributed by atoms with E-state index in [1.54, 1.807) is 29.6 Å². The van der Waals surface area contributed by atoms with Gasteiger partial charge in [-0.15, -0.1) is 11.3 Å². The van der Waals surface area contributed by atoms with Crippen molar-refractivity contribution in [2.45, 2.75) is 4.90 Å². The predicted octanol–water partition coefficient (Wildman–Crippen LogP) is 4.04. The third-order valence-corrected chi connectivity index (χ3v) is 5.64. The van der Waals surface area contributed by atoms with E-state index in [-0.39, 0.29) is 5.13 Å². The van der Waals surface area contributed by atoms with Crippen LogP contribution in [0.2, 0.25) is 0 Å². The molecule has 0 saturated carbocycles. The number of hydrogen-bond acceptors (Lipinski definition) is 5. The first-order chi connectivity index (χ1) is 12.3. The number of hydrogen-bond donors (Lipinski definition) is 1. The summed E-state index contributed by atoms with van der Waals surface area (Å²) in [7, 11) is -2.94. The third kappa shape index (κ3) is 3.51. The molecule has 0 aliphatic carbocycles. The Morgan fingerprint density at radius 2 is 1.73 bits per heavy atom. The molecule has 0 unspecified atom stereocenters. The van der Waals surface area contributed by atoms with E-state index in [0.717, 1.165) is 11.3 Å². The molecule has 1 heterocycles. The molecule has 0 radical (unpaired) electrons. The summed E-state index contributed by atoms with van der Waals surface area (Å²) in [5.74, 6) is -4.47. The van der Waals surface area contributed by atoms with E-state index in [2.05, 4.69) is 9.71 Å². The van der Waals surface area contributed by atoms with Crippen molar-refractivity contribution in [3.63, 3.8) is 0 Å². The van der Waals surface area contributed by atoms with Gasteiger partial charge in [0.1, 0.15) is 10.6 Å². The second-order valence-corrected chi connectivity index (χ2v) is 7.55. The van der Waals surface area contributed by atoms with Gasteiger partial charge in [0.05, 0.1) is 12.8 Å². The molecule has 2 aromatic carbocycles. The largest absolute Gasteiger partial charge is 0.497 e. The lowest BCUT2D eigenvalue weighted by Crippen LogP contribution is -2.15. The van der Waals surface area contributed by atoms with Crippen molar-refractivity contribution >= 4 is 26.5 Å². The average Bonchev–Trinajstić information content (AvgIpc) is 3.07. The Hall–Kier alpha value is -2.59. The summed E-state index contributed by atoms with van der Waals surface area (Å²) in [6, 6.07) is 8.10. The minimum Gasteiger partial charge on any atom is -0.497 e. The Morgan fingerprint density at radius 1 is 1.04 bits per heavy atom. The molecule has 0 fully saturated rings. The highest BCUT2D eigenvalue weighted by molar-refractivity contribution is 7.93. The van der Waals surface area contributed by atoms with Crippen LogP contribution in [-0.2, 0) is 10.0 Å². The van der Waals surface area contributed by atoms with Gasteiger partial charge in [-0.25, -0.2) is 26.6 Å². The summed E-state index contributed by atoms with van der Waals surface area (Å²) in [5.41, 5.74) is 1.20. The number of thiazole rings is 1. The Morgan fingerprint density at radius 3 is 2.38 bits per heavy atom. The number of rotatable bonds is 5. The molecule has 0 atom stereocenters. The van der Waals surface area contributed by atoms with Gasteiger partial charge in [-0.05, 0) is 36.4 Å². The maximum absolute atomic E-state index is 13.7. The van der Waals surface area contributed by atoms with E-state index < -0.39 is 32.4 Å². The molecule has 0 aliphatic rings. The van der Waals surface area contributed by atoms with Crippen LogP contribution in [0.5, 0.6) is 5.75 Å². The number of sulfonamides is 1. The minimum absolute atomic E-state index is 0.0417. The Labute approximate surface area is 151 Å². The number of nitrogens with one attached hydrogen (secondary N) is 1. The van der Waals surface area contributed by atoms with Gasteiger partial charge in [0.15, 0.2) is 22.6 Å². The lowest BCUT2D eigenvalue weighted by Gasteiger charge is -2.07. The zero-order chi connectivity index (χ0) is 18.9. The molecule has 10 heteroatoms. The smallest absolute Gasteiger partial charge is 0.266 e. The molecule has 3 aromatic rings. The maximum Gasteiger partial charge on any atom is 0.266 e. The zero-order valence-corrected chi connectivity index (χ0v) is 14.8. The van der Waals surface area contributed by atoms with Gasteiger partial charge < -0.3 is 4.74 Å². The Bertz CT molecular complexity index is 1050. The standard InChI is InChI=1S/C16H11F3N2O3S2/c1-24-10-4-2-9(3-5-10)12-8-25-16(20-12)21-26(22,23)13-7-6-11(17)14(18)15(13)19/h2-8H,1H3,(H,20,21). The first kappa shape index (κ1) is 18.2. The quantitative estimate of drug-likeness (QED) is 0.657. The van der Waals surface area contributed by atoms with Gasteiger partial charge in [-0.1, -0.05) is 0 Å². The molecule has 5 nitrogen and oxygen atoms in total. The second-order valence-electron chi connectivity index (χ2n) is 5.05. The number of methoxy groups -OCH3 is 1. The number of anilines is 1. The third-order valence-electron chi connectivity index (χ3n) is 3.40. The van der Waals surface area contributed by atoms with Crippen molar-refractivity contribution in [1.82, 2.24) is 4.98 Å². The summed E-state index contributed by atoms with van der Waals surface area (Å²) in [6.45, 7) is 0. The van der Waals surface area contributed by atoms with Gasteiger partial charge >= 0.3 is 0 Å². The van der Waals surface area contributed by atoms with Crippen LogP contribution >= 0.6 is 11.3 Å². The number of nitrogens with zero attached hydrogens (tertiary/aromatic N) is 1. The molecular formula is C16H11F3N2O3S2. The van der Waals surface area contributed by atoms with Gasteiger partial charge in [0.2, 0.25) is 0 Å². The summed E-state index contributed by atoms with van der Waals surface area (Å²) in [6.07, 6.45) is 0. The van der Waals surface area contributed by atoms with Crippen molar-refractivity contribution < 1.29 is 26.3 Å². The van der Waals surface area contributed by atoms with Crippen LogP contribution in [0.25, 0.3) is 11.3 Å². The van der Waals surface area contributed by atoms with Crippen molar-refractivity contribution in [3.8, 4) is 17.0 Å². The van der Waals surface area contributed by atoms with E-state index in [1.165, 1.54) is 7.11 Å². The van der Waals surface area contributed by atoms with Crippen LogP contribution < -0.4 is 9.46 Å². The van der Waals surface area contributed by atoms with Crippen molar-refractivity contribution in [1.29, 1.82) is 0 Å². The monoisotopic (exact) mass is 400 g/mol. The Balaban J connectivity index is 1.87. The van der Waals surface area contributed by atoms with Crippen molar-refractivity contribution in [2.24, 2.45) is 0 Å². The van der Waals surface area contributed by atoms with Crippen LogP contribution in [0.15, 0.2) is 46.7 Å². The fraction of sp³-hybridized carbons (Fsp3) is 0.0625. The van der Waals surface area contributed by atoms with Crippen LogP contribution in [0.1, 0.15) is 0 Å². The molecule has 26 heavy (non-hydrogen) atoms.